The first-order valence-electron chi connectivity index (χ1n) is 9.01. The molecule has 23 heavy (non-hydrogen) atoms. The minimum atomic E-state index is 0. The number of halogens is 1. The molecule has 5 nitrogen and oxygen atoms in total. The van der Waals surface area contributed by atoms with Gasteiger partial charge in [-0.3, -0.25) is 9.59 Å². The number of hydrogen-bond donors (Lipinski definition) is 1. The monoisotopic (exact) mass is 343 g/mol. The fraction of sp³-hybridized carbons (Fsp3) is 0.882. The molecule has 132 valence electrons. The molecule has 2 saturated heterocycles. The van der Waals surface area contributed by atoms with Gasteiger partial charge in [-0.25, -0.2) is 0 Å². The fourth-order valence-electron chi connectivity index (χ4n) is 3.46. The zero-order chi connectivity index (χ0) is 15.4. The number of likely N-dealkylation sites (tertiary alicyclic amines) is 2. The predicted molar refractivity (Wildman–Crippen MR) is 92.6 cm³/mol. The molecule has 0 bridgehead atoms. The summed E-state index contributed by atoms with van der Waals surface area (Å²) in [6, 6.07) is 0.574. The van der Waals surface area contributed by atoms with E-state index in [9.17, 15) is 9.59 Å². The zero-order valence-corrected chi connectivity index (χ0v) is 14.8. The van der Waals surface area contributed by atoms with Crippen LogP contribution in [0.15, 0.2) is 0 Å². The highest BCUT2D eigenvalue weighted by atomic mass is 35.5. The topological polar surface area (TPSA) is 52.7 Å². The highest BCUT2D eigenvalue weighted by Crippen LogP contribution is 2.28. The van der Waals surface area contributed by atoms with Crippen molar-refractivity contribution in [2.45, 2.75) is 57.4 Å². The third-order valence-electron chi connectivity index (χ3n) is 5.24. The molecule has 1 saturated carbocycles. The standard InChI is InChI=1S/C17H29N3O2.ClH/c21-16-4-2-1-3-9-20(16)13-17(22)19-10-7-15(8-11-19)18-12-14-5-6-14;/h14-15,18H,1-13H2;1H. The molecular formula is C17H30ClN3O2. The SMILES string of the molecule is Cl.O=C(CN1CCCCCC1=O)N1CCC(NCC2CC2)CC1. The van der Waals surface area contributed by atoms with Gasteiger partial charge in [0.05, 0.1) is 6.54 Å². The minimum absolute atomic E-state index is 0. The Bertz CT molecular complexity index is 407. The van der Waals surface area contributed by atoms with E-state index in [0.29, 0.717) is 19.0 Å². The van der Waals surface area contributed by atoms with Gasteiger partial charge in [-0.1, -0.05) is 6.42 Å². The van der Waals surface area contributed by atoms with Crippen LogP contribution in [0.3, 0.4) is 0 Å². The van der Waals surface area contributed by atoms with E-state index in [2.05, 4.69) is 5.32 Å². The maximum atomic E-state index is 12.4. The average Bonchev–Trinajstić information content (AvgIpc) is 3.36. The van der Waals surface area contributed by atoms with Crippen LogP contribution in [0.1, 0.15) is 51.4 Å². The van der Waals surface area contributed by atoms with E-state index in [-0.39, 0.29) is 24.2 Å². The summed E-state index contributed by atoms with van der Waals surface area (Å²) in [7, 11) is 0. The van der Waals surface area contributed by atoms with Crippen molar-refractivity contribution < 1.29 is 9.59 Å². The lowest BCUT2D eigenvalue weighted by atomic mass is 10.0. The second-order valence-electron chi connectivity index (χ2n) is 7.13. The normalized spacial score (nSPS) is 23.4. The Morgan fingerprint density at radius 2 is 1.78 bits per heavy atom. The minimum Gasteiger partial charge on any atom is -0.341 e. The molecule has 3 fully saturated rings. The van der Waals surface area contributed by atoms with Gasteiger partial charge >= 0.3 is 0 Å². The van der Waals surface area contributed by atoms with Crippen LogP contribution in [0, 0.1) is 5.92 Å². The number of carbonyl (C=O) groups is 2. The largest absolute Gasteiger partial charge is 0.341 e. The Balaban J connectivity index is 0.00000192. The predicted octanol–water partition coefficient (Wildman–Crippen LogP) is 1.80. The zero-order valence-electron chi connectivity index (χ0n) is 14.0. The van der Waals surface area contributed by atoms with Gasteiger partial charge in [-0.15, -0.1) is 12.4 Å². The van der Waals surface area contributed by atoms with Gasteiger partial charge in [0.25, 0.3) is 0 Å². The molecule has 1 N–H and O–H groups in total. The van der Waals surface area contributed by atoms with E-state index in [1.54, 1.807) is 4.90 Å². The van der Waals surface area contributed by atoms with Crippen LogP contribution in [-0.2, 0) is 9.59 Å². The summed E-state index contributed by atoms with van der Waals surface area (Å²) in [6.07, 6.45) is 8.59. The van der Waals surface area contributed by atoms with E-state index in [1.165, 1.54) is 12.8 Å². The van der Waals surface area contributed by atoms with E-state index in [4.69, 9.17) is 0 Å². The number of nitrogens with one attached hydrogen (secondary N) is 1. The third-order valence-corrected chi connectivity index (χ3v) is 5.24. The van der Waals surface area contributed by atoms with Crippen LogP contribution < -0.4 is 5.32 Å². The average molecular weight is 344 g/mol. The van der Waals surface area contributed by atoms with E-state index in [1.807, 2.05) is 4.90 Å². The van der Waals surface area contributed by atoms with Crippen molar-refractivity contribution in [2.24, 2.45) is 5.92 Å². The Labute approximate surface area is 145 Å². The first kappa shape index (κ1) is 18.5. The van der Waals surface area contributed by atoms with Gasteiger partial charge < -0.3 is 15.1 Å². The molecule has 0 aromatic heterocycles. The Morgan fingerprint density at radius 3 is 2.48 bits per heavy atom. The number of amides is 2. The van der Waals surface area contributed by atoms with Crippen LogP contribution in [0.2, 0.25) is 0 Å². The molecule has 6 heteroatoms. The molecule has 0 unspecified atom stereocenters. The molecule has 0 spiro atoms. The molecule has 2 heterocycles. The highest BCUT2D eigenvalue weighted by Gasteiger charge is 2.27. The molecule has 1 aliphatic carbocycles. The second kappa shape index (κ2) is 8.88. The van der Waals surface area contributed by atoms with Crippen molar-refractivity contribution in [3.63, 3.8) is 0 Å². The molecule has 0 atom stereocenters. The molecule has 0 aromatic carbocycles. The van der Waals surface area contributed by atoms with Crippen molar-refractivity contribution >= 4 is 24.2 Å². The van der Waals surface area contributed by atoms with E-state index >= 15 is 0 Å². The lowest BCUT2D eigenvalue weighted by Gasteiger charge is -2.34. The number of carbonyl (C=O) groups excluding carboxylic acids is 2. The first-order valence-corrected chi connectivity index (χ1v) is 9.01. The van der Waals surface area contributed by atoms with Crippen LogP contribution in [0.4, 0.5) is 0 Å². The molecule has 2 amide bonds. The molecule has 0 aromatic rings. The van der Waals surface area contributed by atoms with Crippen molar-refractivity contribution in [3.8, 4) is 0 Å². The Hall–Kier alpha value is -0.810. The maximum absolute atomic E-state index is 12.4. The summed E-state index contributed by atoms with van der Waals surface area (Å²) in [4.78, 5) is 28.1. The van der Waals surface area contributed by atoms with Crippen LogP contribution >= 0.6 is 12.4 Å². The summed E-state index contributed by atoms with van der Waals surface area (Å²) in [5, 5.41) is 3.64. The summed E-state index contributed by atoms with van der Waals surface area (Å²) in [6.45, 7) is 3.87. The Kier molecular flexibility index (Phi) is 7.15. The third kappa shape index (κ3) is 5.64. The van der Waals surface area contributed by atoms with Crippen molar-refractivity contribution in [2.75, 3.05) is 32.7 Å². The van der Waals surface area contributed by atoms with Crippen molar-refractivity contribution in [1.29, 1.82) is 0 Å². The smallest absolute Gasteiger partial charge is 0.242 e. The quantitative estimate of drug-likeness (QED) is 0.828. The summed E-state index contributed by atoms with van der Waals surface area (Å²) in [5.41, 5.74) is 0. The van der Waals surface area contributed by atoms with Gasteiger partial charge in [0.1, 0.15) is 0 Å². The van der Waals surface area contributed by atoms with E-state index < -0.39 is 0 Å². The second-order valence-corrected chi connectivity index (χ2v) is 7.13. The van der Waals surface area contributed by atoms with Crippen molar-refractivity contribution in [3.05, 3.63) is 0 Å². The van der Waals surface area contributed by atoms with Gasteiger partial charge in [-0.2, -0.15) is 0 Å². The molecule has 3 rings (SSSR count). The number of nitrogens with zero attached hydrogens (tertiary/aromatic N) is 2. The first-order chi connectivity index (χ1) is 10.7. The highest BCUT2D eigenvalue weighted by molar-refractivity contribution is 5.85. The lowest BCUT2D eigenvalue weighted by molar-refractivity contribution is -0.140. The van der Waals surface area contributed by atoms with Gasteiger partial charge in [0, 0.05) is 32.1 Å². The molecule has 0 radical (unpaired) electrons. The maximum Gasteiger partial charge on any atom is 0.242 e. The van der Waals surface area contributed by atoms with Gasteiger partial charge in [-0.05, 0) is 51.0 Å². The van der Waals surface area contributed by atoms with Crippen LogP contribution in [0.5, 0.6) is 0 Å². The number of piperidine rings is 1. The molecule has 3 aliphatic rings. The number of hydrogen-bond acceptors (Lipinski definition) is 3. The van der Waals surface area contributed by atoms with Crippen LogP contribution in [0.25, 0.3) is 0 Å². The summed E-state index contributed by atoms with van der Waals surface area (Å²) >= 11 is 0. The van der Waals surface area contributed by atoms with E-state index in [0.717, 1.165) is 64.2 Å². The summed E-state index contributed by atoms with van der Waals surface area (Å²) < 4.78 is 0. The molecule has 2 aliphatic heterocycles. The van der Waals surface area contributed by atoms with Gasteiger partial charge in [0.15, 0.2) is 0 Å². The number of rotatable bonds is 5. The Morgan fingerprint density at radius 1 is 1.04 bits per heavy atom. The van der Waals surface area contributed by atoms with Crippen LogP contribution in [-0.4, -0.2) is 60.4 Å². The summed E-state index contributed by atoms with van der Waals surface area (Å²) in [5.74, 6) is 1.21. The lowest BCUT2D eigenvalue weighted by Crippen LogP contribution is -2.49. The van der Waals surface area contributed by atoms with Gasteiger partial charge in [0.2, 0.25) is 11.8 Å². The fourth-order valence-corrected chi connectivity index (χ4v) is 3.46. The van der Waals surface area contributed by atoms with Crippen molar-refractivity contribution in [1.82, 2.24) is 15.1 Å². The molecular weight excluding hydrogens is 314 g/mol.